The molecular weight excluding hydrogens is 393 g/mol. The third-order valence-electron chi connectivity index (χ3n) is 5.81. The maximum Gasteiger partial charge on any atom is 0.165 e. The summed E-state index contributed by atoms with van der Waals surface area (Å²) in [6, 6.07) is 19.7. The van der Waals surface area contributed by atoms with Crippen molar-refractivity contribution >= 4 is 16.7 Å². The summed E-state index contributed by atoms with van der Waals surface area (Å²) in [5, 5.41) is 11.0. The van der Waals surface area contributed by atoms with Crippen molar-refractivity contribution in [1.82, 2.24) is 9.97 Å². The lowest BCUT2D eigenvalue weighted by molar-refractivity contribution is 0.414. The fraction of sp³-hybridized carbons (Fsp3) is 0.200. The Morgan fingerprint density at radius 1 is 1.03 bits per heavy atom. The van der Waals surface area contributed by atoms with Crippen LogP contribution in [0.3, 0.4) is 0 Å². The van der Waals surface area contributed by atoms with E-state index in [2.05, 4.69) is 22.0 Å². The molecule has 1 aliphatic heterocycles. The lowest BCUT2D eigenvalue weighted by atomic mass is 10.0. The van der Waals surface area contributed by atoms with E-state index in [1.807, 2.05) is 18.2 Å². The van der Waals surface area contributed by atoms with Crippen molar-refractivity contribution in [3.63, 3.8) is 0 Å². The summed E-state index contributed by atoms with van der Waals surface area (Å²) in [5.41, 5.74) is 2.35. The minimum atomic E-state index is -0.326. The summed E-state index contributed by atoms with van der Waals surface area (Å²) >= 11 is 0. The number of halogens is 1. The van der Waals surface area contributed by atoms with E-state index in [0.29, 0.717) is 28.1 Å². The monoisotopic (exact) mass is 415 g/mol. The number of phenols is 1. The quantitative estimate of drug-likeness (QED) is 0.478. The van der Waals surface area contributed by atoms with Crippen molar-refractivity contribution in [2.75, 3.05) is 18.6 Å². The van der Waals surface area contributed by atoms with E-state index in [-0.39, 0.29) is 17.6 Å². The minimum absolute atomic E-state index is 0.114. The van der Waals surface area contributed by atoms with Gasteiger partial charge in [0.1, 0.15) is 23.1 Å². The van der Waals surface area contributed by atoms with Crippen molar-refractivity contribution in [1.29, 1.82) is 0 Å². The number of anilines is 1. The summed E-state index contributed by atoms with van der Waals surface area (Å²) < 4.78 is 19.5. The molecule has 6 heteroatoms. The minimum Gasteiger partial charge on any atom is -0.507 e. The Labute approximate surface area is 179 Å². The van der Waals surface area contributed by atoms with Gasteiger partial charge in [-0.3, -0.25) is 0 Å². The molecule has 0 bridgehead atoms. The zero-order valence-electron chi connectivity index (χ0n) is 17.1. The zero-order valence-corrected chi connectivity index (χ0v) is 17.1. The Bertz CT molecular complexity index is 1240. The van der Waals surface area contributed by atoms with Crippen molar-refractivity contribution in [3.05, 3.63) is 78.1 Å². The van der Waals surface area contributed by atoms with Crippen LogP contribution in [0.1, 0.15) is 24.4 Å². The van der Waals surface area contributed by atoms with Crippen LogP contribution in [-0.2, 0) is 0 Å². The van der Waals surface area contributed by atoms with Crippen LogP contribution in [0.25, 0.3) is 22.3 Å². The van der Waals surface area contributed by atoms with E-state index in [1.54, 1.807) is 31.4 Å². The highest BCUT2D eigenvalue weighted by Gasteiger charge is 2.29. The maximum absolute atomic E-state index is 14.2. The predicted molar refractivity (Wildman–Crippen MR) is 119 cm³/mol. The highest BCUT2D eigenvalue weighted by Crippen LogP contribution is 2.40. The van der Waals surface area contributed by atoms with E-state index >= 15 is 0 Å². The fourth-order valence-corrected chi connectivity index (χ4v) is 4.28. The van der Waals surface area contributed by atoms with Gasteiger partial charge in [0.2, 0.25) is 0 Å². The Hall–Kier alpha value is -3.67. The molecular formula is C25H22FN3O2. The number of benzene rings is 3. The Morgan fingerprint density at radius 2 is 1.84 bits per heavy atom. The average molecular weight is 415 g/mol. The number of fused-ring (bicyclic) bond motifs is 1. The molecule has 0 spiro atoms. The van der Waals surface area contributed by atoms with E-state index in [1.165, 1.54) is 12.1 Å². The molecule has 5 rings (SSSR count). The smallest absolute Gasteiger partial charge is 0.165 e. The second-order valence-electron chi connectivity index (χ2n) is 7.67. The highest BCUT2D eigenvalue weighted by atomic mass is 19.1. The van der Waals surface area contributed by atoms with Crippen molar-refractivity contribution in [3.8, 4) is 22.9 Å². The zero-order chi connectivity index (χ0) is 21.4. The number of phenolic OH excluding ortho intramolecular Hbond substituents is 1. The van der Waals surface area contributed by atoms with Crippen molar-refractivity contribution < 1.29 is 14.2 Å². The van der Waals surface area contributed by atoms with Gasteiger partial charge in [-0.2, -0.15) is 0 Å². The van der Waals surface area contributed by atoms with Gasteiger partial charge in [0.05, 0.1) is 24.2 Å². The first-order valence-corrected chi connectivity index (χ1v) is 10.3. The van der Waals surface area contributed by atoms with Crippen LogP contribution in [0.15, 0.2) is 66.7 Å². The summed E-state index contributed by atoms with van der Waals surface area (Å²) in [6.45, 7) is 0.805. The van der Waals surface area contributed by atoms with Crippen molar-refractivity contribution in [2.24, 2.45) is 0 Å². The standard InChI is InChI=1S/C25H22FN3O2/c1-31-18-11-8-16(9-12-18)22-6-4-14-29(22)25-20-15-17(26)10-13-21(20)27-24(28-25)19-5-2-3-7-23(19)30/h2-3,5,7-13,15,22,30H,4,6,14H2,1H3. The van der Waals surface area contributed by atoms with E-state index < -0.39 is 0 Å². The average Bonchev–Trinajstić information content (AvgIpc) is 3.28. The largest absolute Gasteiger partial charge is 0.507 e. The molecule has 1 saturated heterocycles. The number of para-hydroxylation sites is 1. The first-order chi connectivity index (χ1) is 15.1. The van der Waals surface area contributed by atoms with Crippen LogP contribution in [0.5, 0.6) is 11.5 Å². The van der Waals surface area contributed by atoms with Gasteiger partial charge < -0.3 is 14.7 Å². The summed E-state index contributed by atoms with van der Waals surface area (Å²) in [6.07, 6.45) is 1.97. The van der Waals surface area contributed by atoms with Crippen LogP contribution < -0.4 is 9.64 Å². The van der Waals surface area contributed by atoms with Gasteiger partial charge in [0, 0.05) is 11.9 Å². The number of aromatic nitrogens is 2. The molecule has 0 aliphatic carbocycles. The third kappa shape index (κ3) is 3.54. The lowest BCUT2D eigenvalue weighted by Crippen LogP contribution is -2.24. The first-order valence-electron chi connectivity index (χ1n) is 10.3. The highest BCUT2D eigenvalue weighted by molar-refractivity contribution is 5.91. The van der Waals surface area contributed by atoms with Crippen LogP contribution in [0.4, 0.5) is 10.2 Å². The summed E-state index contributed by atoms with van der Waals surface area (Å²) in [5.74, 6) is 1.70. The van der Waals surface area contributed by atoms with Gasteiger partial charge >= 0.3 is 0 Å². The summed E-state index contributed by atoms with van der Waals surface area (Å²) in [7, 11) is 1.65. The van der Waals surface area contributed by atoms with Gasteiger partial charge in [-0.05, 0) is 60.9 Å². The molecule has 31 heavy (non-hydrogen) atoms. The van der Waals surface area contributed by atoms with Gasteiger partial charge in [-0.1, -0.05) is 24.3 Å². The van der Waals surface area contributed by atoms with Crippen LogP contribution >= 0.6 is 0 Å². The number of nitrogens with zero attached hydrogens (tertiary/aromatic N) is 3. The maximum atomic E-state index is 14.2. The van der Waals surface area contributed by atoms with E-state index in [4.69, 9.17) is 9.72 Å². The van der Waals surface area contributed by atoms with Gasteiger partial charge in [-0.25, -0.2) is 14.4 Å². The molecule has 3 aromatic carbocycles. The van der Waals surface area contributed by atoms with Gasteiger partial charge in [0.15, 0.2) is 5.82 Å². The van der Waals surface area contributed by atoms with Crippen LogP contribution in [-0.4, -0.2) is 28.7 Å². The van der Waals surface area contributed by atoms with Crippen LogP contribution in [0, 0.1) is 5.82 Å². The van der Waals surface area contributed by atoms with Crippen molar-refractivity contribution in [2.45, 2.75) is 18.9 Å². The molecule has 5 nitrogen and oxygen atoms in total. The number of methoxy groups -OCH3 is 1. The SMILES string of the molecule is COc1ccc(C2CCCN2c2nc(-c3ccccc3O)nc3ccc(F)cc23)cc1. The lowest BCUT2D eigenvalue weighted by Gasteiger charge is -2.27. The summed E-state index contributed by atoms with van der Waals surface area (Å²) in [4.78, 5) is 11.7. The molecule has 1 aliphatic rings. The molecule has 2 heterocycles. The molecule has 1 N–H and O–H groups in total. The predicted octanol–water partition coefficient (Wildman–Crippen LogP) is 5.49. The van der Waals surface area contributed by atoms with E-state index in [0.717, 1.165) is 30.7 Å². The first kappa shape index (κ1) is 19.3. The second-order valence-corrected chi connectivity index (χ2v) is 7.67. The number of aromatic hydroxyl groups is 1. The number of hydrogen-bond donors (Lipinski definition) is 1. The Balaban J connectivity index is 1.66. The molecule has 0 amide bonds. The molecule has 1 fully saturated rings. The normalized spacial score (nSPS) is 16.1. The molecule has 1 atom stereocenters. The van der Waals surface area contributed by atoms with Gasteiger partial charge in [0.25, 0.3) is 0 Å². The number of hydrogen-bond acceptors (Lipinski definition) is 5. The number of ether oxygens (including phenoxy) is 1. The molecule has 4 aromatic rings. The topological polar surface area (TPSA) is 58.5 Å². The molecule has 0 radical (unpaired) electrons. The Kier molecular flexibility index (Phi) is 4.90. The third-order valence-corrected chi connectivity index (χ3v) is 5.81. The molecule has 1 aromatic heterocycles. The van der Waals surface area contributed by atoms with Gasteiger partial charge in [-0.15, -0.1) is 0 Å². The fourth-order valence-electron chi connectivity index (χ4n) is 4.28. The van der Waals surface area contributed by atoms with E-state index in [9.17, 15) is 9.50 Å². The van der Waals surface area contributed by atoms with Crippen LogP contribution in [0.2, 0.25) is 0 Å². The number of rotatable bonds is 4. The Morgan fingerprint density at radius 3 is 2.61 bits per heavy atom. The molecule has 1 unspecified atom stereocenters. The molecule has 0 saturated carbocycles. The molecule has 156 valence electrons. The second kappa shape index (κ2) is 7.87.